The Morgan fingerprint density at radius 2 is 1.85 bits per heavy atom. The molecule has 3 aromatic rings. The molecule has 0 unspecified atom stereocenters. The van der Waals surface area contributed by atoms with Crippen molar-refractivity contribution in [3.8, 4) is 0 Å². The topological polar surface area (TPSA) is 126 Å². The van der Waals surface area contributed by atoms with Gasteiger partial charge in [0.1, 0.15) is 11.6 Å². The van der Waals surface area contributed by atoms with E-state index in [0.717, 1.165) is 48.9 Å². The molecule has 0 bridgehead atoms. The number of nitrogens with one attached hydrogen (secondary N) is 1. The first kappa shape index (κ1) is 26.8. The number of likely N-dealkylation sites (tertiary alicyclic amines) is 2. The van der Waals surface area contributed by atoms with E-state index in [1.54, 1.807) is 9.58 Å². The zero-order valence-electron chi connectivity index (χ0n) is 22.5. The summed E-state index contributed by atoms with van der Waals surface area (Å²) < 4.78 is 1.70. The summed E-state index contributed by atoms with van der Waals surface area (Å²) in [5, 5.41) is 11.2. The van der Waals surface area contributed by atoms with Gasteiger partial charge in [-0.3, -0.25) is 14.4 Å². The van der Waals surface area contributed by atoms with E-state index >= 15 is 0 Å². The number of nitrogens with zero attached hydrogens (tertiary/aromatic N) is 5. The van der Waals surface area contributed by atoms with Gasteiger partial charge in [0.15, 0.2) is 0 Å². The molecule has 0 spiro atoms. The van der Waals surface area contributed by atoms with Crippen LogP contribution in [0.4, 0.5) is 0 Å². The van der Waals surface area contributed by atoms with E-state index in [9.17, 15) is 14.4 Å². The molecule has 2 saturated heterocycles. The highest BCUT2D eigenvalue weighted by Gasteiger charge is 2.41. The number of hydrogen-bond donors (Lipinski definition) is 2. The van der Waals surface area contributed by atoms with Crippen LogP contribution in [0.2, 0.25) is 0 Å². The van der Waals surface area contributed by atoms with Gasteiger partial charge in [0.05, 0.1) is 11.6 Å². The maximum atomic E-state index is 13.5. The zero-order chi connectivity index (χ0) is 27.4. The van der Waals surface area contributed by atoms with Gasteiger partial charge in [-0.2, -0.15) is 0 Å². The lowest BCUT2D eigenvalue weighted by atomic mass is 9.96. The van der Waals surface area contributed by atoms with Crippen LogP contribution in [0.15, 0.2) is 48.5 Å². The Balaban J connectivity index is 1.24. The molecule has 3 atom stereocenters. The number of rotatable bonds is 9. The molecule has 10 heteroatoms. The van der Waals surface area contributed by atoms with Gasteiger partial charge in [-0.15, -0.1) is 5.10 Å². The molecule has 0 aliphatic carbocycles. The molecule has 2 aliphatic heterocycles. The van der Waals surface area contributed by atoms with Crippen molar-refractivity contribution < 1.29 is 14.4 Å². The molecule has 3 amide bonds. The molecule has 0 saturated carbocycles. The molecule has 1 aromatic heterocycles. The van der Waals surface area contributed by atoms with Crippen LogP contribution in [-0.2, 0) is 34.4 Å². The van der Waals surface area contributed by atoms with Crippen molar-refractivity contribution in [3.05, 3.63) is 59.7 Å². The number of amides is 3. The normalized spacial score (nSPS) is 19.9. The van der Waals surface area contributed by atoms with E-state index in [4.69, 9.17) is 5.73 Å². The number of carbonyl (C=O) groups is 3. The Labute approximate surface area is 228 Å². The summed E-state index contributed by atoms with van der Waals surface area (Å²) in [6.45, 7) is 2.34. The van der Waals surface area contributed by atoms with Gasteiger partial charge in [-0.05, 0) is 61.3 Å². The van der Waals surface area contributed by atoms with Crippen molar-refractivity contribution in [1.29, 1.82) is 0 Å². The molecule has 2 aromatic carbocycles. The minimum Gasteiger partial charge on any atom is -0.350 e. The van der Waals surface area contributed by atoms with Crippen LogP contribution in [0, 0.1) is 5.92 Å². The number of aryl methyl sites for hydroxylation is 1. The van der Waals surface area contributed by atoms with Crippen molar-refractivity contribution in [3.63, 3.8) is 0 Å². The Bertz CT molecular complexity index is 1320. The fourth-order valence-electron chi connectivity index (χ4n) is 5.75. The van der Waals surface area contributed by atoms with Crippen LogP contribution in [0.25, 0.3) is 11.0 Å². The first-order chi connectivity index (χ1) is 18.9. The van der Waals surface area contributed by atoms with Crippen LogP contribution < -0.4 is 11.1 Å². The van der Waals surface area contributed by atoms with E-state index in [1.807, 2.05) is 48.3 Å². The molecule has 3 N–H and O–H groups in total. The van der Waals surface area contributed by atoms with E-state index in [-0.39, 0.29) is 36.5 Å². The Hall–Kier alpha value is -3.79. The monoisotopic (exact) mass is 531 g/mol. The minimum absolute atomic E-state index is 0.0495. The predicted octanol–water partition coefficient (Wildman–Crippen LogP) is 1.77. The number of benzene rings is 2. The lowest BCUT2D eigenvalue weighted by molar-refractivity contribution is -0.140. The maximum absolute atomic E-state index is 13.5. The largest absolute Gasteiger partial charge is 0.350 e. The molecule has 2 aliphatic rings. The van der Waals surface area contributed by atoms with Gasteiger partial charge in [0, 0.05) is 39.6 Å². The summed E-state index contributed by atoms with van der Waals surface area (Å²) in [4.78, 5) is 42.9. The summed E-state index contributed by atoms with van der Waals surface area (Å²) in [5.74, 6) is -0.269. The highest BCUT2D eigenvalue weighted by atomic mass is 16.2. The van der Waals surface area contributed by atoms with Crippen molar-refractivity contribution >= 4 is 28.8 Å². The average Bonchev–Trinajstić information content (AvgIpc) is 3.71. The lowest BCUT2D eigenvalue weighted by Crippen LogP contribution is -2.51. The van der Waals surface area contributed by atoms with E-state index in [0.29, 0.717) is 19.5 Å². The van der Waals surface area contributed by atoms with Gasteiger partial charge in [0.25, 0.3) is 0 Å². The third-order valence-electron chi connectivity index (χ3n) is 7.93. The number of hydrogen-bond acceptors (Lipinski definition) is 6. The SMILES string of the molecule is Cn1nnc2cc(CNC(=O)[C@@H]3C[C@H](Cc4ccccc4)CN3C(=O)[C@H](N)CCC(=O)N3CCCC3)ccc21. The van der Waals surface area contributed by atoms with Crippen LogP contribution >= 0.6 is 0 Å². The quantitative estimate of drug-likeness (QED) is 0.433. The third-order valence-corrected chi connectivity index (χ3v) is 7.93. The van der Waals surface area contributed by atoms with Crippen molar-refractivity contribution in [2.75, 3.05) is 19.6 Å². The molecule has 5 rings (SSSR count). The van der Waals surface area contributed by atoms with Gasteiger partial charge < -0.3 is 20.9 Å². The van der Waals surface area contributed by atoms with Gasteiger partial charge in [-0.25, -0.2) is 4.68 Å². The average molecular weight is 532 g/mol. The van der Waals surface area contributed by atoms with Crippen LogP contribution in [0.5, 0.6) is 0 Å². The summed E-state index contributed by atoms with van der Waals surface area (Å²) in [6.07, 6.45) is 3.92. The van der Waals surface area contributed by atoms with Crippen LogP contribution in [0.1, 0.15) is 43.2 Å². The molecule has 2 fully saturated rings. The van der Waals surface area contributed by atoms with Crippen LogP contribution in [0.3, 0.4) is 0 Å². The second-order valence-electron chi connectivity index (χ2n) is 10.8. The Morgan fingerprint density at radius 1 is 1.08 bits per heavy atom. The number of nitrogens with two attached hydrogens (primary N) is 1. The lowest BCUT2D eigenvalue weighted by Gasteiger charge is -2.27. The molecule has 3 heterocycles. The standard InChI is InChI=1S/C29H37N7O3/c1-34-25-11-9-21(16-24(25)32-33-34)18-31-28(38)26-17-22(15-20-7-3-2-4-8-20)19-36(26)29(39)23(30)10-12-27(37)35-13-5-6-14-35/h2-4,7-9,11,16,22-23,26H,5-6,10,12-15,17-19,30H2,1H3,(H,31,38)/t22-,23+,26-/m0/s1. The number of aromatic nitrogens is 3. The van der Waals surface area contributed by atoms with Gasteiger partial charge in [-0.1, -0.05) is 41.6 Å². The first-order valence-electron chi connectivity index (χ1n) is 13.8. The summed E-state index contributed by atoms with van der Waals surface area (Å²) in [6, 6.07) is 14.5. The zero-order valence-corrected chi connectivity index (χ0v) is 22.5. The molecule has 10 nitrogen and oxygen atoms in total. The smallest absolute Gasteiger partial charge is 0.243 e. The predicted molar refractivity (Wildman–Crippen MR) is 147 cm³/mol. The molecular formula is C29H37N7O3. The fraction of sp³-hybridized carbons (Fsp3) is 0.483. The third kappa shape index (κ3) is 6.27. The van der Waals surface area contributed by atoms with Crippen LogP contribution in [-0.4, -0.2) is 74.2 Å². The molecule has 206 valence electrons. The van der Waals surface area contributed by atoms with Gasteiger partial charge in [0.2, 0.25) is 17.7 Å². The molecular weight excluding hydrogens is 494 g/mol. The van der Waals surface area contributed by atoms with Crippen molar-refractivity contribution in [1.82, 2.24) is 30.1 Å². The summed E-state index contributed by atoms with van der Waals surface area (Å²) in [5.41, 5.74) is 10.1. The van der Waals surface area contributed by atoms with E-state index < -0.39 is 12.1 Å². The summed E-state index contributed by atoms with van der Waals surface area (Å²) >= 11 is 0. The number of fused-ring (bicyclic) bond motifs is 1. The van der Waals surface area contributed by atoms with Crippen molar-refractivity contribution in [2.45, 2.75) is 57.2 Å². The Morgan fingerprint density at radius 3 is 2.62 bits per heavy atom. The van der Waals surface area contributed by atoms with Crippen molar-refractivity contribution in [2.24, 2.45) is 18.7 Å². The van der Waals surface area contributed by atoms with E-state index in [1.165, 1.54) is 5.56 Å². The highest BCUT2D eigenvalue weighted by Crippen LogP contribution is 2.28. The molecule has 0 radical (unpaired) electrons. The highest BCUT2D eigenvalue weighted by molar-refractivity contribution is 5.91. The fourth-order valence-corrected chi connectivity index (χ4v) is 5.75. The Kier molecular flexibility index (Phi) is 8.21. The van der Waals surface area contributed by atoms with E-state index in [2.05, 4.69) is 27.8 Å². The minimum atomic E-state index is -0.818. The summed E-state index contributed by atoms with van der Waals surface area (Å²) in [7, 11) is 1.83. The second kappa shape index (κ2) is 11.9. The molecule has 39 heavy (non-hydrogen) atoms. The second-order valence-corrected chi connectivity index (χ2v) is 10.8. The first-order valence-corrected chi connectivity index (χ1v) is 13.8. The number of carbonyl (C=O) groups excluding carboxylic acids is 3. The van der Waals surface area contributed by atoms with Gasteiger partial charge >= 0.3 is 0 Å². The maximum Gasteiger partial charge on any atom is 0.243 e.